The van der Waals surface area contributed by atoms with Crippen LogP contribution in [0.3, 0.4) is 0 Å². The number of piperidine rings is 1. The second-order valence-corrected chi connectivity index (χ2v) is 6.07. The molecule has 7 atom stereocenters. The van der Waals surface area contributed by atoms with Gasteiger partial charge in [0.05, 0.1) is 24.2 Å². The third-order valence-corrected chi connectivity index (χ3v) is 4.61. The van der Waals surface area contributed by atoms with E-state index >= 15 is 0 Å². The Hall–Kier alpha value is -0.690. The second kappa shape index (κ2) is 7.05. The highest BCUT2D eigenvalue weighted by atomic mass is 16.6. The number of methoxy groups -OCH3 is 2. The number of rotatable bonds is 7. The number of hydrogen-bond donors (Lipinski definition) is 2. The number of hydrogen-bond acceptors (Lipinski definition) is 5. The second-order valence-electron chi connectivity index (χ2n) is 6.07. The molecule has 2 heterocycles. The fraction of sp³-hybridized carbons (Fsp3) is 0.933. The summed E-state index contributed by atoms with van der Waals surface area (Å²) in [5.41, 5.74) is 0. The molecule has 2 aliphatic heterocycles. The van der Waals surface area contributed by atoms with Gasteiger partial charge in [0.1, 0.15) is 6.10 Å². The van der Waals surface area contributed by atoms with Crippen molar-refractivity contribution in [2.45, 2.75) is 63.8 Å². The number of nitrogens with one attached hydrogen (secondary N) is 1. The Morgan fingerprint density at radius 3 is 2.67 bits per heavy atom. The molecule has 6 nitrogen and oxygen atoms in total. The van der Waals surface area contributed by atoms with Crippen molar-refractivity contribution in [3.63, 3.8) is 0 Å². The van der Waals surface area contributed by atoms with Crippen LogP contribution in [-0.2, 0) is 19.0 Å². The Kier molecular flexibility index (Phi) is 5.60. The first kappa shape index (κ1) is 16.7. The summed E-state index contributed by atoms with van der Waals surface area (Å²) >= 11 is 0. The van der Waals surface area contributed by atoms with Crippen LogP contribution in [0.5, 0.6) is 0 Å². The Bertz CT molecular complexity index is 364. The van der Waals surface area contributed by atoms with Crippen molar-refractivity contribution in [1.82, 2.24) is 5.32 Å². The molecular formula is C15H27NO5. The molecule has 2 saturated heterocycles. The van der Waals surface area contributed by atoms with Crippen molar-refractivity contribution in [3.8, 4) is 0 Å². The van der Waals surface area contributed by atoms with Crippen LogP contribution in [0.1, 0.15) is 33.1 Å². The molecule has 2 rings (SSSR count). The first-order valence-electron chi connectivity index (χ1n) is 7.74. The molecule has 0 aromatic heterocycles. The van der Waals surface area contributed by atoms with Crippen LogP contribution in [-0.4, -0.2) is 55.9 Å². The number of amides is 1. The van der Waals surface area contributed by atoms with E-state index in [1.165, 1.54) is 14.2 Å². The van der Waals surface area contributed by atoms with E-state index in [4.69, 9.17) is 14.2 Å². The average molecular weight is 301 g/mol. The van der Waals surface area contributed by atoms with Crippen LogP contribution in [0, 0.1) is 11.8 Å². The summed E-state index contributed by atoms with van der Waals surface area (Å²) in [5.74, 6) is -0.413. The molecule has 0 radical (unpaired) electrons. The van der Waals surface area contributed by atoms with E-state index in [2.05, 4.69) is 19.2 Å². The molecule has 0 aliphatic carbocycles. The predicted octanol–water partition coefficient (Wildman–Crippen LogP) is 0.674. The van der Waals surface area contributed by atoms with Gasteiger partial charge in [-0.2, -0.15) is 0 Å². The molecule has 1 amide bonds. The molecule has 7 unspecified atom stereocenters. The SMILES string of the molecule is CCCCC(C)C1OC1C1C(=O)NC(OC)C(OC)C1O. The molecule has 2 fully saturated rings. The third-order valence-electron chi connectivity index (χ3n) is 4.61. The van der Waals surface area contributed by atoms with Gasteiger partial charge < -0.3 is 24.6 Å². The zero-order valence-electron chi connectivity index (χ0n) is 13.2. The molecule has 2 N–H and O–H groups in total. The van der Waals surface area contributed by atoms with E-state index in [-0.39, 0.29) is 18.1 Å². The molecule has 2 aliphatic rings. The highest BCUT2D eigenvalue weighted by Crippen LogP contribution is 2.40. The zero-order chi connectivity index (χ0) is 15.6. The molecule has 21 heavy (non-hydrogen) atoms. The average Bonchev–Trinajstić information content (AvgIpc) is 3.24. The normalized spacial score (nSPS) is 40.7. The van der Waals surface area contributed by atoms with Gasteiger partial charge in [-0.1, -0.05) is 26.7 Å². The van der Waals surface area contributed by atoms with Gasteiger partial charge in [0.2, 0.25) is 5.91 Å². The third kappa shape index (κ3) is 3.39. The fourth-order valence-corrected chi connectivity index (χ4v) is 3.23. The number of epoxide rings is 1. The van der Waals surface area contributed by atoms with E-state index < -0.39 is 24.4 Å². The van der Waals surface area contributed by atoms with Gasteiger partial charge in [-0.3, -0.25) is 4.79 Å². The summed E-state index contributed by atoms with van der Waals surface area (Å²) in [6.45, 7) is 4.30. The Labute approximate surface area is 126 Å². The number of carbonyl (C=O) groups excluding carboxylic acids is 1. The topological polar surface area (TPSA) is 80.3 Å². The lowest BCUT2D eigenvalue weighted by Gasteiger charge is -2.38. The summed E-state index contributed by atoms with van der Waals surface area (Å²) in [6, 6.07) is 0. The molecule has 0 bridgehead atoms. The quantitative estimate of drug-likeness (QED) is 0.676. The smallest absolute Gasteiger partial charge is 0.230 e. The van der Waals surface area contributed by atoms with E-state index in [1.807, 2.05) is 0 Å². The van der Waals surface area contributed by atoms with Crippen LogP contribution in [0.15, 0.2) is 0 Å². The summed E-state index contributed by atoms with van der Waals surface area (Å²) in [6.07, 6.45) is 1.10. The first-order valence-corrected chi connectivity index (χ1v) is 7.74. The van der Waals surface area contributed by atoms with Gasteiger partial charge in [0.15, 0.2) is 6.23 Å². The minimum atomic E-state index is -0.915. The van der Waals surface area contributed by atoms with Crippen LogP contribution >= 0.6 is 0 Å². The Balaban J connectivity index is 1.98. The number of aliphatic hydroxyl groups excluding tert-OH is 1. The first-order chi connectivity index (χ1) is 10.0. The van der Waals surface area contributed by atoms with Gasteiger partial charge in [0, 0.05) is 14.2 Å². The molecule has 6 heteroatoms. The van der Waals surface area contributed by atoms with Crippen molar-refractivity contribution in [3.05, 3.63) is 0 Å². The van der Waals surface area contributed by atoms with E-state index in [0.29, 0.717) is 5.92 Å². The maximum Gasteiger partial charge on any atom is 0.230 e. The molecule has 122 valence electrons. The van der Waals surface area contributed by atoms with Crippen molar-refractivity contribution in [1.29, 1.82) is 0 Å². The minimum Gasteiger partial charge on any atom is -0.389 e. The molecule has 0 aromatic rings. The number of carbonyl (C=O) groups is 1. The van der Waals surface area contributed by atoms with Gasteiger partial charge in [-0.15, -0.1) is 0 Å². The van der Waals surface area contributed by atoms with Gasteiger partial charge in [-0.25, -0.2) is 0 Å². The number of unbranched alkanes of at least 4 members (excludes halogenated alkanes) is 1. The van der Waals surface area contributed by atoms with Crippen molar-refractivity contribution in [2.75, 3.05) is 14.2 Å². The summed E-state index contributed by atoms with van der Waals surface area (Å²) in [7, 11) is 2.98. The summed E-state index contributed by atoms with van der Waals surface area (Å²) < 4.78 is 16.1. The van der Waals surface area contributed by atoms with Crippen molar-refractivity contribution >= 4 is 5.91 Å². The van der Waals surface area contributed by atoms with Crippen molar-refractivity contribution < 1.29 is 24.1 Å². The van der Waals surface area contributed by atoms with Gasteiger partial charge in [-0.05, 0) is 12.3 Å². The Morgan fingerprint density at radius 2 is 2.10 bits per heavy atom. The van der Waals surface area contributed by atoms with E-state index in [0.717, 1.165) is 19.3 Å². The van der Waals surface area contributed by atoms with Crippen LogP contribution in [0.4, 0.5) is 0 Å². The zero-order valence-corrected chi connectivity index (χ0v) is 13.2. The fourth-order valence-electron chi connectivity index (χ4n) is 3.23. The number of aliphatic hydroxyl groups is 1. The number of ether oxygens (including phenoxy) is 3. The maximum absolute atomic E-state index is 12.2. The maximum atomic E-state index is 12.2. The van der Waals surface area contributed by atoms with E-state index in [9.17, 15) is 9.90 Å². The minimum absolute atomic E-state index is 0.0542. The van der Waals surface area contributed by atoms with E-state index in [1.54, 1.807) is 0 Å². The van der Waals surface area contributed by atoms with Crippen LogP contribution in [0.25, 0.3) is 0 Å². The Morgan fingerprint density at radius 1 is 1.38 bits per heavy atom. The lowest BCUT2D eigenvalue weighted by Crippen LogP contribution is -2.62. The monoisotopic (exact) mass is 301 g/mol. The lowest BCUT2D eigenvalue weighted by atomic mass is 9.85. The highest BCUT2D eigenvalue weighted by Gasteiger charge is 2.57. The lowest BCUT2D eigenvalue weighted by molar-refractivity contribution is -0.170. The van der Waals surface area contributed by atoms with Crippen LogP contribution in [0.2, 0.25) is 0 Å². The highest BCUT2D eigenvalue weighted by molar-refractivity contribution is 5.81. The molecule has 0 saturated carbocycles. The van der Waals surface area contributed by atoms with Crippen LogP contribution < -0.4 is 5.32 Å². The molecule has 0 spiro atoms. The predicted molar refractivity (Wildman–Crippen MR) is 76.6 cm³/mol. The molecule has 0 aromatic carbocycles. The standard InChI is InChI=1S/C15H27NO5/c1-5-6-7-8(2)11-12(21-11)9-10(17)13(19-3)15(20-4)16-14(9)18/h8-13,15,17H,5-7H2,1-4H3,(H,16,18). The van der Waals surface area contributed by atoms with Gasteiger partial charge >= 0.3 is 0 Å². The van der Waals surface area contributed by atoms with Crippen molar-refractivity contribution in [2.24, 2.45) is 11.8 Å². The summed E-state index contributed by atoms with van der Waals surface area (Å²) in [4.78, 5) is 12.2. The van der Waals surface area contributed by atoms with Gasteiger partial charge in [0.25, 0.3) is 0 Å². The molecular weight excluding hydrogens is 274 g/mol. The largest absolute Gasteiger partial charge is 0.389 e. The summed E-state index contributed by atoms with van der Waals surface area (Å²) in [5, 5.41) is 13.2.